The van der Waals surface area contributed by atoms with Crippen molar-refractivity contribution in [3.63, 3.8) is 0 Å². The fourth-order valence-electron chi connectivity index (χ4n) is 8.40. The van der Waals surface area contributed by atoms with Gasteiger partial charge in [-0.15, -0.1) is 0 Å². The maximum atomic E-state index is 8.06. The number of rotatable bonds is 1. The Labute approximate surface area is 231 Å². The Kier molecular flexibility index (Phi) is 10.8. The van der Waals surface area contributed by atoms with Crippen molar-refractivity contribution in [2.45, 2.75) is 129 Å². The van der Waals surface area contributed by atoms with Crippen LogP contribution in [0.15, 0.2) is 5.57 Å². The van der Waals surface area contributed by atoms with Gasteiger partial charge in [-0.25, -0.2) is 0 Å². The van der Waals surface area contributed by atoms with Gasteiger partial charge < -0.3 is 5.11 Å². The first kappa shape index (κ1) is 32.1. The predicted molar refractivity (Wildman–Crippen MR) is 165 cm³/mol. The van der Waals surface area contributed by atoms with Gasteiger partial charge in [0.25, 0.3) is 0 Å². The molecule has 9 unspecified atom stereocenters. The number of hydrogen-bond acceptors (Lipinski definition) is 1. The summed E-state index contributed by atoms with van der Waals surface area (Å²) in [5.74, 6) is 9.02. The number of fused-ring (bicyclic) bond motifs is 2. The summed E-state index contributed by atoms with van der Waals surface area (Å²) in [6.07, 6.45) is 1.33. The third-order valence-electron chi connectivity index (χ3n) is 11.6. The van der Waals surface area contributed by atoms with Crippen LogP contribution in [-0.2, 0) is 0 Å². The average molecular weight is 511 g/mol. The van der Waals surface area contributed by atoms with Crippen LogP contribution in [0.25, 0.3) is 5.57 Å². The van der Waals surface area contributed by atoms with E-state index < -0.39 is 0 Å². The van der Waals surface area contributed by atoms with Crippen molar-refractivity contribution in [3.05, 3.63) is 39.0 Å². The normalized spacial score (nSPS) is 34.6. The second kappa shape index (κ2) is 12.4. The molecule has 0 spiro atoms. The molecule has 0 amide bonds. The summed E-state index contributed by atoms with van der Waals surface area (Å²) in [6, 6.07) is 0. The van der Waals surface area contributed by atoms with Crippen molar-refractivity contribution in [2.75, 3.05) is 0 Å². The van der Waals surface area contributed by atoms with Crippen molar-refractivity contribution in [1.82, 2.24) is 0 Å². The van der Waals surface area contributed by atoms with Gasteiger partial charge in [0.1, 0.15) is 0 Å². The third-order valence-corrected chi connectivity index (χ3v) is 11.6. The van der Waals surface area contributed by atoms with Gasteiger partial charge in [0.15, 0.2) is 0 Å². The van der Waals surface area contributed by atoms with E-state index in [9.17, 15) is 0 Å². The summed E-state index contributed by atoms with van der Waals surface area (Å²) in [4.78, 5) is 0. The van der Waals surface area contributed by atoms with Crippen molar-refractivity contribution < 1.29 is 5.11 Å². The summed E-state index contributed by atoms with van der Waals surface area (Å²) < 4.78 is 0. The van der Waals surface area contributed by atoms with Gasteiger partial charge in [0.05, 0.1) is 0 Å². The van der Waals surface area contributed by atoms with Gasteiger partial charge in [-0.2, -0.15) is 0 Å². The number of hydrogen-bond donors (Lipinski definition) is 1. The summed E-state index contributed by atoms with van der Waals surface area (Å²) in [6.45, 7) is 36.9. The van der Waals surface area contributed by atoms with Crippen LogP contribution in [0.4, 0.5) is 0 Å². The molecule has 2 saturated carbocycles. The summed E-state index contributed by atoms with van der Waals surface area (Å²) >= 11 is 0. The molecule has 2 fully saturated rings. The highest BCUT2D eigenvalue weighted by Crippen LogP contribution is 2.56. The highest BCUT2D eigenvalue weighted by atomic mass is 16.3. The first-order valence-corrected chi connectivity index (χ1v) is 15.4. The summed E-state index contributed by atoms with van der Waals surface area (Å²) in [7, 11) is 0. The smallest absolute Gasteiger partial charge is 0.0483 e. The molecule has 0 saturated heterocycles. The second-order valence-corrected chi connectivity index (χ2v) is 14.2. The molecule has 1 N–H and O–H groups in total. The van der Waals surface area contributed by atoms with E-state index >= 15 is 0 Å². The Balaban J connectivity index is 0.000000230. The highest BCUT2D eigenvalue weighted by Gasteiger charge is 2.50. The zero-order chi connectivity index (χ0) is 28.7. The van der Waals surface area contributed by atoms with Crippen LogP contribution in [0.2, 0.25) is 0 Å². The molecule has 1 aromatic carbocycles. The van der Waals surface area contributed by atoms with E-state index in [1.54, 1.807) is 30.5 Å². The lowest BCUT2D eigenvalue weighted by Crippen LogP contribution is -2.41. The minimum Gasteiger partial charge on any atom is -0.394 e. The average Bonchev–Trinajstić information content (AvgIpc) is 3.26. The standard InChI is InChI=1S/C18H26.C15H28.C3H8O/c1-9(2)16-14(7)15(8)17-12(5)10(3)11(4)13(6)18(16)17;1-8-7-14-12(5)10(3)11(4)13(6)15(14)9(8)2;1-3(2)4/h9,16H,1-8H3;8-15H,7H2,1-6H3;3-4H,1-2H3. The Hall–Kier alpha value is -1.08. The van der Waals surface area contributed by atoms with Crippen LogP contribution in [-0.4, -0.2) is 11.2 Å². The fourth-order valence-corrected chi connectivity index (χ4v) is 8.40. The van der Waals surface area contributed by atoms with Crippen LogP contribution in [0, 0.1) is 81.0 Å². The second-order valence-electron chi connectivity index (χ2n) is 14.2. The zero-order valence-corrected chi connectivity index (χ0v) is 27.5. The van der Waals surface area contributed by atoms with Crippen LogP contribution in [0.1, 0.15) is 129 Å². The molecule has 1 nitrogen and oxygen atoms in total. The lowest BCUT2D eigenvalue weighted by molar-refractivity contribution is 0.0142. The monoisotopic (exact) mass is 510 g/mol. The van der Waals surface area contributed by atoms with E-state index in [0.717, 1.165) is 47.3 Å². The molecule has 0 bridgehead atoms. The van der Waals surface area contributed by atoms with Gasteiger partial charge in [-0.1, -0.05) is 61.0 Å². The lowest BCUT2D eigenvalue weighted by atomic mass is 9.58. The highest BCUT2D eigenvalue weighted by molar-refractivity contribution is 5.81. The fraction of sp³-hybridized carbons (Fsp3) is 0.778. The number of aliphatic hydroxyl groups is 1. The van der Waals surface area contributed by atoms with Crippen LogP contribution >= 0.6 is 0 Å². The minimum absolute atomic E-state index is 0.167. The molecule has 37 heavy (non-hydrogen) atoms. The van der Waals surface area contributed by atoms with E-state index in [0.29, 0.717) is 11.8 Å². The maximum Gasteiger partial charge on any atom is 0.0483 e. The van der Waals surface area contributed by atoms with Gasteiger partial charge >= 0.3 is 0 Å². The molecule has 0 heterocycles. The third kappa shape index (κ3) is 6.08. The summed E-state index contributed by atoms with van der Waals surface area (Å²) in [5.41, 5.74) is 12.2. The van der Waals surface area contributed by atoms with E-state index in [-0.39, 0.29) is 6.10 Å². The quantitative estimate of drug-likeness (QED) is 0.398. The van der Waals surface area contributed by atoms with Gasteiger partial charge in [0, 0.05) is 12.0 Å². The van der Waals surface area contributed by atoms with Gasteiger partial charge in [-0.3, -0.25) is 0 Å². The minimum atomic E-state index is -0.167. The lowest BCUT2D eigenvalue weighted by Gasteiger charge is -2.47. The van der Waals surface area contributed by atoms with E-state index in [4.69, 9.17) is 5.11 Å². The van der Waals surface area contributed by atoms with Crippen LogP contribution in [0.3, 0.4) is 0 Å². The first-order valence-electron chi connectivity index (χ1n) is 15.4. The van der Waals surface area contributed by atoms with E-state index in [1.165, 1.54) is 34.2 Å². The van der Waals surface area contributed by atoms with Crippen molar-refractivity contribution in [1.29, 1.82) is 0 Å². The number of benzene rings is 1. The molecule has 0 aliphatic heterocycles. The predicted octanol–water partition coefficient (Wildman–Crippen LogP) is 10.3. The maximum absolute atomic E-state index is 8.06. The van der Waals surface area contributed by atoms with Gasteiger partial charge in [0.2, 0.25) is 0 Å². The number of aliphatic hydroxyl groups excluding tert-OH is 1. The molecule has 0 aromatic heterocycles. The number of allylic oxidation sites excluding steroid dienone is 2. The Bertz CT molecular complexity index is 961. The Morgan fingerprint density at radius 3 is 1.57 bits per heavy atom. The molecule has 212 valence electrons. The van der Waals surface area contributed by atoms with Crippen LogP contribution in [0.5, 0.6) is 0 Å². The molecular formula is C36H62O. The van der Waals surface area contributed by atoms with Crippen molar-refractivity contribution in [3.8, 4) is 0 Å². The van der Waals surface area contributed by atoms with E-state index in [1.807, 2.05) is 0 Å². The van der Waals surface area contributed by atoms with Crippen molar-refractivity contribution in [2.24, 2.45) is 53.3 Å². The molecule has 3 aliphatic carbocycles. The molecule has 1 heteroatoms. The SMILES string of the molecule is CC(C)O.CC1=C(C)C(C(C)C)c2c(C)c(C)c(C)c(C)c21.CC1CC2C(C)C(C)C(C)C(C)C2C1C. The van der Waals surface area contributed by atoms with Crippen LogP contribution < -0.4 is 0 Å². The van der Waals surface area contributed by atoms with E-state index in [2.05, 4.69) is 96.9 Å². The topological polar surface area (TPSA) is 20.2 Å². The molecule has 0 radical (unpaired) electrons. The van der Waals surface area contributed by atoms with Crippen molar-refractivity contribution >= 4 is 5.57 Å². The molecule has 1 aromatic rings. The first-order chi connectivity index (χ1) is 17.0. The molecule has 3 aliphatic rings. The Morgan fingerprint density at radius 1 is 0.622 bits per heavy atom. The Morgan fingerprint density at radius 2 is 1.08 bits per heavy atom. The largest absolute Gasteiger partial charge is 0.394 e. The zero-order valence-electron chi connectivity index (χ0n) is 27.5. The van der Waals surface area contributed by atoms with Gasteiger partial charge in [-0.05, 0) is 154 Å². The summed E-state index contributed by atoms with van der Waals surface area (Å²) in [5, 5.41) is 8.06. The molecule has 9 atom stereocenters. The molecule has 4 rings (SSSR count). The molecular weight excluding hydrogens is 448 g/mol.